The number of amides is 1. The van der Waals surface area contributed by atoms with E-state index in [1.54, 1.807) is 12.1 Å². The molecule has 1 N–H and O–H groups in total. The summed E-state index contributed by atoms with van der Waals surface area (Å²) < 4.78 is 0. The summed E-state index contributed by atoms with van der Waals surface area (Å²) >= 11 is 0. The van der Waals surface area contributed by atoms with Crippen LogP contribution in [0.15, 0.2) is 48.5 Å². The van der Waals surface area contributed by atoms with Crippen LogP contribution in [0.4, 0.5) is 5.69 Å². The number of hydrogen-bond donors (Lipinski definition) is 1. The molecule has 0 saturated carbocycles. The van der Waals surface area contributed by atoms with Gasteiger partial charge in [-0.2, -0.15) is 5.26 Å². The predicted molar refractivity (Wildman–Crippen MR) is 87.3 cm³/mol. The zero-order valence-electron chi connectivity index (χ0n) is 12.8. The molecule has 2 rings (SSSR count). The van der Waals surface area contributed by atoms with Crippen LogP contribution in [0.3, 0.4) is 0 Å². The number of nitriles is 1. The van der Waals surface area contributed by atoms with Gasteiger partial charge in [0, 0.05) is 12.2 Å². The lowest BCUT2D eigenvalue weighted by molar-refractivity contribution is -0.117. The average molecular weight is 293 g/mol. The first-order chi connectivity index (χ1) is 10.6. The van der Waals surface area contributed by atoms with Gasteiger partial charge in [0.1, 0.15) is 0 Å². The highest BCUT2D eigenvalue weighted by Crippen LogP contribution is 2.10. The van der Waals surface area contributed by atoms with E-state index < -0.39 is 0 Å². The highest BCUT2D eigenvalue weighted by molar-refractivity contribution is 5.92. The van der Waals surface area contributed by atoms with Crippen molar-refractivity contribution in [3.05, 3.63) is 65.2 Å². The van der Waals surface area contributed by atoms with Crippen LogP contribution < -0.4 is 5.32 Å². The number of anilines is 1. The van der Waals surface area contributed by atoms with Gasteiger partial charge in [0.25, 0.3) is 0 Å². The van der Waals surface area contributed by atoms with Gasteiger partial charge in [-0.05, 0) is 49.4 Å². The predicted octanol–water partition coefficient (Wildman–Crippen LogP) is 2.94. The molecule has 0 aliphatic carbocycles. The standard InChI is InChI=1S/C18H19N3O/c1-14-4-3-5-17(10-14)20-18(22)13-21(2)12-16-8-6-15(11-19)7-9-16/h3-10H,12-13H2,1-2H3,(H,20,22). The van der Waals surface area contributed by atoms with Crippen LogP contribution in [0.2, 0.25) is 0 Å². The maximum absolute atomic E-state index is 12.0. The normalized spacial score (nSPS) is 10.3. The van der Waals surface area contributed by atoms with Gasteiger partial charge in [0.15, 0.2) is 0 Å². The lowest BCUT2D eigenvalue weighted by Gasteiger charge is -2.16. The summed E-state index contributed by atoms with van der Waals surface area (Å²) in [6.07, 6.45) is 0. The molecule has 0 spiro atoms. The number of likely N-dealkylation sites (N-methyl/N-ethyl adjacent to an activating group) is 1. The average Bonchev–Trinajstić information content (AvgIpc) is 2.47. The molecule has 0 aliphatic heterocycles. The first-order valence-electron chi connectivity index (χ1n) is 7.11. The molecule has 2 aromatic carbocycles. The zero-order valence-corrected chi connectivity index (χ0v) is 12.8. The molecule has 0 fully saturated rings. The van der Waals surface area contributed by atoms with Gasteiger partial charge in [-0.1, -0.05) is 24.3 Å². The van der Waals surface area contributed by atoms with Crippen molar-refractivity contribution in [1.82, 2.24) is 4.90 Å². The SMILES string of the molecule is Cc1cccc(NC(=O)CN(C)Cc2ccc(C#N)cc2)c1. The number of carbonyl (C=O) groups excluding carboxylic acids is 1. The molecule has 0 heterocycles. The van der Waals surface area contributed by atoms with Gasteiger partial charge < -0.3 is 5.32 Å². The van der Waals surface area contributed by atoms with E-state index in [0.717, 1.165) is 16.8 Å². The third kappa shape index (κ3) is 4.72. The quantitative estimate of drug-likeness (QED) is 0.922. The number of rotatable bonds is 5. The number of nitrogens with one attached hydrogen (secondary N) is 1. The smallest absolute Gasteiger partial charge is 0.238 e. The summed E-state index contributed by atoms with van der Waals surface area (Å²) in [5.74, 6) is -0.0401. The Bertz CT molecular complexity index is 686. The second kappa shape index (κ2) is 7.39. The Balaban J connectivity index is 1.86. The van der Waals surface area contributed by atoms with Gasteiger partial charge in [-0.15, -0.1) is 0 Å². The highest BCUT2D eigenvalue weighted by atomic mass is 16.2. The minimum Gasteiger partial charge on any atom is -0.325 e. The second-order valence-electron chi connectivity index (χ2n) is 5.40. The highest BCUT2D eigenvalue weighted by Gasteiger charge is 2.07. The Hall–Kier alpha value is -2.64. The van der Waals surface area contributed by atoms with Crippen LogP contribution in [-0.4, -0.2) is 24.4 Å². The third-order valence-electron chi connectivity index (χ3n) is 3.25. The summed E-state index contributed by atoms with van der Waals surface area (Å²) in [6, 6.07) is 17.2. The maximum atomic E-state index is 12.0. The molecule has 2 aromatic rings. The van der Waals surface area contributed by atoms with E-state index >= 15 is 0 Å². The molecule has 112 valence electrons. The first-order valence-corrected chi connectivity index (χ1v) is 7.11. The Morgan fingerprint density at radius 2 is 1.95 bits per heavy atom. The van der Waals surface area contributed by atoms with Crippen molar-refractivity contribution in [3.63, 3.8) is 0 Å². The Labute approximate surface area is 131 Å². The lowest BCUT2D eigenvalue weighted by Crippen LogP contribution is -2.29. The fourth-order valence-electron chi connectivity index (χ4n) is 2.22. The number of carbonyl (C=O) groups is 1. The molecule has 4 heteroatoms. The van der Waals surface area contributed by atoms with Crippen LogP contribution in [0, 0.1) is 18.3 Å². The molecular weight excluding hydrogens is 274 g/mol. The minimum absolute atomic E-state index is 0.0401. The Morgan fingerprint density at radius 1 is 1.23 bits per heavy atom. The van der Waals surface area contributed by atoms with E-state index in [-0.39, 0.29) is 5.91 Å². The molecule has 1 amide bonds. The first kappa shape index (κ1) is 15.7. The van der Waals surface area contributed by atoms with E-state index in [9.17, 15) is 4.79 Å². The van der Waals surface area contributed by atoms with Gasteiger partial charge in [0.05, 0.1) is 18.2 Å². The van der Waals surface area contributed by atoms with Crippen molar-refractivity contribution in [3.8, 4) is 6.07 Å². The van der Waals surface area contributed by atoms with E-state index in [0.29, 0.717) is 18.7 Å². The van der Waals surface area contributed by atoms with Crippen LogP contribution in [0.1, 0.15) is 16.7 Å². The summed E-state index contributed by atoms with van der Waals surface area (Å²) in [7, 11) is 1.90. The second-order valence-corrected chi connectivity index (χ2v) is 5.40. The van der Waals surface area contributed by atoms with Gasteiger partial charge in [-0.3, -0.25) is 9.69 Å². The lowest BCUT2D eigenvalue weighted by atomic mass is 10.1. The molecule has 0 atom stereocenters. The zero-order chi connectivity index (χ0) is 15.9. The van der Waals surface area contributed by atoms with Crippen molar-refractivity contribution in [1.29, 1.82) is 5.26 Å². The summed E-state index contributed by atoms with van der Waals surface area (Å²) in [6.45, 7) is 2.97. The minimum atomic E-state index is -0.0401. The van der Waals surface area contributed by atoms with Crippen molar-refractivity contribution < 1.29 is 4.79 Å². The molecule has 22 heavy (non-hydrogen) atoms. The molecule has 0 aromatic heterocycles. The van der Waals surface area contributed by atoms with E-state index in [2.05, 4.69) is 11.4 Å². The molecule has 0 aliphatic rings. The Kier molecular flexibility index (Phi) is 5.29. The fraction of sp³-hybridized carbons (Fsp3) is 0.222. The van der Waals surface area contributed by atoms with Crippen molar-refractivity contribution >= 4 is 11.6 Å². The van der Waals surface area contributed by atoms with Crippen molar-refractivity contribution in [2.45, 2.75) is 13.5 Å². The van der Waals surface area contributed by atoms with Crippen LogP contribution in [-0.2, 0) is 11.3 Å². The maximum Gasteiger partial charge on any atom is 0.238 e. The largest absolute Gasteiger partial charge is 0.325 e. The molecule has 0 radical (unpaired) electrons. The number of benzene rings is 2. The molecule has 4 nitrogen and oxygen atoms in total. The number of nitrogens with zero attached hydrogens (tertiary/aromatic N) is 2. The molecular formula is C18H19N3O. The van der Waals surface area contributed by atoms with Gasteiger partial charge in [0.2, 0.25) is 5.91 Å². The number of aryl methyl sites for hydroxylation is 1. The van der Waals surface area contributed by atoms with E-state index in [1.807, 2.05) is 55.3 Å². The topological polar surface area (TPSA) is 56.1 Å². The number of hydrogen-bond acceptors (Lipinski definition) is 3. The molecule has 0 saturated heterocycles. The van der Waals surface area contributed by atoms with E-state index in [1.165, 1.54) is 0 Å². The van der Waals surface area contributed by atoms with E-state index in [4.69, 9.17) is 5.26 Å². The van der Waals surface area contributed by atoms with Crippen LogP contribution in [0.5, 0.6) is 0 Å². The van der Waals surface area contributed by atoms with Crippen LogP contribution in [0.25, 0.3) is 0 Å². The van der Waals surface area contributed by atoms with Gasteiger partial charge in [-0.25, -0.2) is 0 Å². The van der Waals surface area contributed by atoms with Gasteiger partial charge >= 0.3 is 0 Å². The summed E-state index contributed by atoms with van der Waals surface area (Å²) in [4.78, 5) is 14.0. The Morgan fingerprint density at radius 3 is 2.59 bits per heavy atom. The molecule has 0 bridgehead atoms. The fourth-order valence-corrected chi connectivity index (χ4v) is 2.22. The van der Waals surface area contributed by atoms with Crippen molar-refractivity contribution in [2.75, 3.05) is 18.9 Å². The van der Waals surface area contributed by atoms with Crippen molar-refractivity contribution in [2.24, 2.45) is 0 Å². The summed E-state index contributed by atoms with van der Waals surface area (Å²) in [5.41, 5.74) is 3.65. The summed E-state index contributed by atoms with van der Waals surface area (Å²) in [5, 5.41) is 11.7. The molecule has 0 unspecified atom stereocenters. The monoisotopic (exact) mass is 293 g/mol. The third-order valence-corrected chi connectivity index (χ3v) is 3.25. The van der Waals surface area contributed by atoms with Crippen LogP contribution >= 0.6 is 0 Å².